The molecular weight excluding hydrogens is 296 g/mol. The Morgan fingerprint density at radius 3 is 2.82 bits per heavy atom. The van der Waals surface area contributed by atoms with Crippen LogP contribution >= 0.6 is 11.3 Å². The lowest BCUT2D eigenvalue weighted by Crippen LogP contribution is -2.25. The fraction of sp³-hybridized carbons (Fsp3) is 0.412. The first kappa shape index (κ1) is 16.6. The van der Waals surface area contributed by atoms with Gasteiger partial charge in [-0.15, -0.1) is 11.3 Å². The maximum absolute atomic E-state index is 12.0. The minimum absolute atomic E-state index is 0.111. The molecule has 0 aliphatic rings. The Morgan fingerprint density at radius 1 is 1.32 bits per heavy atom. The quantitative estimate of drug-likeness (QED) is 0.760. The number of thiazole rings is 1. The number of hydrogen-bond acceptors (Lipinski definition) is 4. The van der Waals surface area contributed by atoms with Crippen molar-refractivity contribution in [1.82, 2.24) is 10.3 Å². The van der Waals surface area contributed by atoms with Gasteiger partial charge in [-0.05, 0) is 25.8 Å². The van der Waals surface area contributed by atoms with E-state index in [-0.39, 0.29) is 12.0 Å². The normalized spacial score (nSPS) is 10.9. The number of benzene rings is 1. The highest BCUT2D eigenvalue weighted by Crippen LogP contribution is 2.14. The van der Waals surface area contributed by atoms with Gasteiger partial charge in [-0.3, -0.25) is 4.79 Å². The highest BCUT2D eigenvalue weighted by atomic mass is 32.1. The number of rotatable bonds is 8. The Labute approximate surface area is 135 Å². The summed E-state index contributed by atoms with van der Waals surface area (Å²) in [6, 6.07) is 10.1. The molecule has 0 unspecified atom stereocenters. The molecule has 1 heterocycles. The third-order valence-electron chi connectivity index (χ3n) is 3.04. The van der Waals surface area contributed by atoms with Crippen molar-refractivity contribution in [1.29, 1.82) is 0 Å². The highest BCUT2D eigenvalue weighted by molar-refractivity contribution is 7.09. The van der Waals surface area contributed by atoms with Crippen LogP contribution in [0.25, 0.3) is 0 Å². The van der Waals surface area contributed by atoms with Gasteiger partial charge in [0.15, 0.2) is 0 Å². The smallest absolute Gasteiger partial charge is 0.270 e. The molecule has 2 aromatic rings. The molecule has 0 fully saturated rings. The molecular formula is C17H22N2O2S. The molecule has 0 aliphatic carbocycles. The van der Waals surface area contributed by atoms with Crippen LogP contribution in [0.15, 0.2) is 35.7 Å². The van der Waals surface area contributed by atoms with Crippen molar-refractivity contribution in [2.75, 3.05) is 13.2 Å². The molecule has 0 saturated carbocycles. The Hall–Kier alpha value is -1.72. The third kappa shape index (κ3) is 5.58. The first-order valence-electron chi connectivity index (χ1n) is 7.53. The second-order valence-electron chi connectivity index (χ2n) is 5.32. The van der Waals surface area contributed by atoms with Crippen LogP contribution in [-0.2, 0) is 11.2 Å². The molecule has 1 amide bonds. The number of nitrogens with one attached hydrogen (secondary N) is 1. The SMILES string of the molecule is CC(C)OCCCNC(=O)c1csc(Cc2ccccc2)n1. The summed E-state index contributed by atoms with van der Waals surface area (Å²) >= 11 is 1.52. The Kier molecular flexibility index (Phi) is 6.55. The molecule has 22 heavy (non-hydrogen) atoms. The molecule has 1 aromatic heterocycles. The predicted molar refractivity (Wildman–Crippen MR) is 89.4 cm³/mol. The Morgan fingerprint density at radius 2 is 2.09 bits per heavy atom. The highest BCUT2D eigenvalue weighted by Gasteiger charge is 2.10. The van der Waals surface area contributed by atoms with Gasteiger partial charge in [0.05, 0.1) is 11.1 Å². The second-order valence-corrected chi connectivity index (χ2v) is 6.26. The van der Waals surface area contributed by atoms with Crippen LogP contribution in [-0.4, -0.2) is 30.1 Å². The van der Waals surface area contributed by atoms with Gasteiger partial charge in [0.2, 0.25) is 0 Å². The lowest BCUT2D eigenvalue weighted by Gasteiger charge is -2.07. The van der Waals surface area contributed by atoms with Gasteiger partial charge >= 0.3 is 0 Å². The van der Waals surface area contributed by atoms with Crippen LogP contribution in [0.3, 0.4) is 0 Å². The molecule has 0 aliphatic heterocycles. The summed E-state index contributed by atoms with van der Waals surface area (Å²) in [5.41, 5.74) is 1.70. The lowest BCUT2D eigenvalue weighted by atomic mass is 10.2. The van der Waals surface area contributed by atoms with E-state index in [9.17, 15) is 4.79 Å². The summed E-state index contributed by atoms with van der Waals surface area (Å²) in [7, 11) is 0. The van der Waals surface area contributed by atoms with Crippen LogP contribution < -0.4 is 5.32 Å². The fourth-order valence-electron chi connectivity index (χ4n) is 1.95. The summed E-state index contributed by atoms with van der Waals surface area (Å²) in [5.74, 6) is -0.111. The van der Waals surface area contributed by atoms with Gasteiger partial charge in [0.1, 0.15) is 5.69 Å². The van der Waals surface area contributed by atoms with E-state index >= 15 is 0 Å². The second kappa shape index (κ2) is 8.66. The summed E-state index contributed by atoms with van der Waals surface area (Å²) in [4.78, 5) is 16.4. The first-order chi connectivity index (χ1) is 10.6. The van der Waals surface area contributed by atoms with Crippen LogP contribution in [0, 0.1) is 0 Å². The van der Waals surface area contributed by atoms with Crippen molar-refractivity contribution in [3.8, 4) is 0 Å². The molecule has 0 atom stereocenters. The van der Waals surface area contributed by atoms with Crippen LogP contribution in [0.5, 0.6) is 0 Å². The maximum Gasteiger partial charge on any atom is 0.270 e. The van der Waals surface area contributed by atoms with E-state index in [4.69, 9.17) is 4.74 Å². The van der Waals surface area contributed by atoms with Crippen molar-refractivity contribution >= 4 is 17.2 Å². The Balaban J connectivity index is 1.77. The lowest BCUT2D eigenvalue weighted by molar-refractivity contribution is 0.0756. The van der Waals surface area contributed by atoms with Gasteiger partial charge in [0.25, 0.3) is 5.91 Å². The van der Waals surface area contributed by atoms with Crippen molar-refractivity contribution in [2.45, 2.75) is 32.8 Å². The van der Waals surface area contributed by atoms with Gasteiger partial charge in [-0.1, -0.05) is 30.3 Å². The minimum atomic E-state index is -0.111. The van der Waals surface area contributed by atoms with Crippen LogP contribution in [0.2, 0.25) is 0 Å². The van der Waals surface area contributed by atoms with Crippen LogP contribution in [0.4, 0.5) is 0 Å². The summed E-state index contributed by atoms with van der Waals surface area (Å²) in [6.07, 6.45) is 1.81. The molecule has 0 saturated heterocycles. The maximum atomic E-state index is 12.0. The van der Waals surface area contributed by atoms with Crippen molar-refractivity contribution in [3.63, 3.8) is 0 Å². The molecule has 118 valence electrons. The van der Waals surface area contributed by atoms with E-state index in [2.05, 4.69) is 22.4 Å². The number of hydrogen-bond donors (Lipinski definition) is 1. The molecule has 1 aromatic carbocycles. The zero-order valence-electron chi connectivity index (χ0n) is 13.0. The first-order valence-corrected chi connectivity index (χ1v) is 8.41. The number of carbonyl (C=O) groups is 1. The van der Waals surface area contributed by atoms with Gasteiger partial charge in [0, 0.05) is 25.0 Å². The molecule has 2 rings (SSSR count). The van der Waals surface area contributed by atoms with Crippen LogP contribution in [0.1, 0.15) is 41.3 Å². The summed E-state index contributed by atoms with van der Waals surface area (Å²) < 4.78 is 5.43. The number of amides is 1. The van der Waals surface area contributed by atoms with Crippen molar-refractivity contribution in [3.05, 3.63) is 52.0 Å². The number of ether oxygens (including phenoxy) is 1. The van der Waals surface area contributed by atoms with E-state index < -0.39 is 0 Å². The minimum Gasteiger partial charge on any atom is -0.379 e. The van der Waals surface area contributed by atoms with E-state index in [1.165, 1.54) is 16.9 Å². The van der Waals surface area contributed by atoms with E-state index in [0.29, 0.717) is 18.8 Å². The van der Waals surface area contributed by atoms with Gasteiger partial charge in [-0.25, -0.2) is 4.98 Å². The molecule has 0 spiro atoms. The average molecular weight is 318 g/mol. The number of aromatic nitrogens is 1. The molecule has 4 nitrogen and oxygen atoms in total. The standard InChI is InChI=1S/C17H22N2O2S/c1-13(2)21-10-6-9-18-17(20)15-12-22-16(19-15)11-14-7-4-3-5-8-14/h3-5,7-8,12-13H,6,9-11H2,1-2H3,(H,18,20). The summed E-state index contributed by atoms with van der Waals surface area (Å²) in [6.45, 7) is 5.27. The van der Waals surface area contributed by atoms with E-state index in [1.54, 1.807) is 0 Å². The summed E-state index contributed by atoms with van der Waals surface area (Å²) in [5, 5.41) is 5.65. The van der Waals surface area contributed by atoms with Gasteiger partial charge < -0.3 is 10.1 Å². The van der Waals surface area contributed by atoms with Crippen molar-refractivity contribution < 1.29 is 9.53 Å². The Bertz CT molecular complexity index is 581. The zero-order chi connectivity index (χ0) is 15.8. The average Bonchev–Trinajstić information content (AvgIpc) is 2.96. The molecule has 0 radical (unpaired) electrons. The van der Waals surface area contributed by atoms with Crippen molar-refractivity contribution in [2.24, 2.45) is 0 Å². The molecule has 0 bridgehead atoms. The monoisotopic (exact) mass is 318 g/mol. The topological polar surface area (TPSA) is 51.2 Å². The number of nitrogens with zero attached hydrogens (tertiary/aromatic N) is 1. The van der Waals surface area contributed by atoms with E-state index in [0.717, 1.165) is 17.8 Å². The van der Waals surface area contributed by atoms with Gasteiger partial charge in [-0.2, -0.15) is 0 Å². The largest absolute Gasteiger partial charge is 0.379 e. The van der Waals surface area contributed by atoms with E-state index in [1.807, 2.05) is 37.4 Å². The molecule has 1 N–H and O–H groups in total. The zero-order valence-corrected chi connectivity index (χ0v) is 13.9. The number of carbonyl (C=O) groups excluding carboxylic acids is 1. The fourth-order valence-corrected chi connectivity index (χ4v) is 2.76. The predicted octanol–water partition coefficient (Wildman–Crippen LogP) is 3.28. The molecule has 5 heteroatoms. The third-order valence-corrected chi connectivity index (χ3v) is 3.89.